The highest BCUT2D eigenvalue weighted by Gasteiger charge is 1.96. The van der Waals surface area contributed by atoms with E-state index >= 15 is 0 Å². The third-order valence-electron chi connectivity index (χ3n) is 4.30. The Hall–Kier alpha value is -0.710. The molecule has 0 bridgehead atoms. The normalized spacial score (nSPS) is 11.2. The van der Waals surface area contributed by atoms with Crippen LogP contribution in [0.4, 0.5) is 0 Å². The maximum atomic E-state index is 10.9. The minimum Gasteiger partial charge on any atom is -0.378 e. The van der Waals surface area contributed by atoms with Crippen molar-refractivity contribution in [3.05, 3.63) is 12.7 Å². The maximum absolute atomic E-state index is 10.9. The van der Waals surface area contributed by atoms with E-state index in [4.69, 9.17) is 47.4 Å². The lowest BCUT2D eigenvalue weighted by Gasteiger charge is -2.09. The van der Waals surface area contributed by atoms with Gasteiger partial charge < -0.3 is 52.7 Å². The van der Waals surface area contributed by atoms with Crippen LogP contribution in [-0.2, 0) is 52.2 Å². The molecule has 1 N–H and O–H groups in total. The van der Waals surface area contributed by atoms with E-state index < -0.39 is 0 Å². The van der Waals surface area contributed by atoms with Crippen LogP contribution in [0.25, 0.3) is 0 Å². The summed E-state index contributed by atoms with van der Waals surface area (Å²) in [6.07, 6.45) is 1.23. The van der Waals surface area contributed by atoms with E-state index in [2.05, 4.69) is 27.8 Å². The molecule has 0 saturated carbocycles. The smallest absolute Gasteiger partial charge is 0.243 e. The van der Waals surface area contributed by atoms with Crippen LogP contribution in [0, 0.1) is 0 Å². The first-order chi connectivity index (χ1) is 18.8. The monoisotopic (exact) mass is 617 g/mol. The third kappa shape index (κ3) is 33.3. The van der Waals surface area contributed by atoms with Gasteiger partial charge in [0.25, 0.3) is 0 Å². The van der Waals surface area contributed by atoms with Crippen molar-refractivity contribution >= 4 is 21.8 Å². The van der Waals surface area contributed by atoms with Crippen LogP contribution in [0.15, 0.2) is 12.7 Å². The summed E-state index contributed by atoms with van der Waals surface area (Å²) in [5, 5.41) is 3.46. The molecule has 13 heteroatoms. The highest BCUT2D eigenvalue weighted by Crippen LogP contribution is 1.87. The van der Waals surface area contributed by atoms with Crippen molar-refractivity contribution in [2.75, 3.05) is 144 Å². The Bertz CT molecular complexity index is 492. The Morgan fingerprint density at radius 3 is 0.947 bits per heavy atom. The molecule has 0 rings (SSSR count). The van der Waals surface area contributed by atoms with Crippen LogP contribution < -0.4 is 5.32 Å². The van der Waals surface area contributed by atoms with Gasteiger partial charge in [0, 0.05) is 11.9 Å². The molecule has 0 radical (unpaired) electrons. The number of alkyl halides is 1. The highest BCUT2D eigenvalue weighted by molar-refractivity contribution is 9.09. The average molecular weight is 619 g/mol. The standard InChI is InChI=1S/C25H48BrNO11/c1-2-25(28)27-4-6-30-8-10-32-12-14-34-16-18-36-20-22-38-24-23-37-21-19-35-17-15-33-13-11-31-9-7-29-5-3-26/h2H,1,3-24H2,(H,27,28). The van der Waals surface area contributed by atoms with Crippen LogP contribution in [-0.4, -0.2) is 150 Å². The molecule has 0 heterocycles. The number of halogens is 1. The zero-order valence-electron chi connectivity index (χ0n) is 22.7. The first-order valence-electron chi connectivity index (χ1n) is 13.0. The molecule has 1 amide bonds. The molecule has 0 aliphatic rings. The predicted molar refractivity (Wildman–Crippen MR) is 145 cm³/mol. The van der Waals surface area contributed by atoms with E-state index in [9.17, 15) is 4.79 Å². The summed E-state index contributed by atoms with van der Waals surface area (Å²) in [5.41, 5.74) is 0. The molecule has 226 valence electrons. The van der Waals surface area contributed by atoms with E-state index in [-0.39, 0.29) is 5.91 Å². The molecule has 0 aliphatic carbocycles. The summed E-state index contributed by atoms with van der Waals surface area (Å²) < 4.78 is 54.0. The van der Waals surface area contributed by atoms with E-state index in [1.165, 1.54) is 6.08 Å². The molecule has 0 fully saturated rings. The van der Waals surface area contributed by atoms with E-state index in [1.807, 2.05) is 0 Å². The van der Waals surface area contributed by atoms with Crippen molar-refractivity contribution in [2.45, 2.75) is 0 Å². The first kappa shape index (κ1) is 37.3. The molecular weight excluding hydrogens is 570 g/mol. The van der Waals surface area contributed by atoms with Crippen molar-refractivity contribution in [1.29, 1.82) is 0 Å². The number of hydrogen-bond donors (Lipinski definition) is 1. The number of hydrogen-bond acceptors (Lipinski definition) is 11. The fourth-order valence-electron chi connectivity index (χ4n) is 2.45. The molecule has 0 aliphatic heterocycles. The molecule has 0 spiro atoms. The van der Waals surface area contributed by atoms with Crippen molar-refractivity contribution in [3.8, 4) is 0 Å². The Morgan fingerprint density at radius 1 is 0.474 bits per heavy atom. The highest BCUT2D eigenvalue weighted by atomic mass is 79.9. The summed E-state index contributed by atoms with van der Waals surface area (Å²) in [6, 6.07) is 0. The topological polar surface area (TPSA) is 121 Å². The summed E-state index contributed by atoms with van der Waals surface area (Å²) in [4.78, 5) is 10.9. The SMILES string of the molecule is C=CC(=O)NCCOCCOCCOCCOCCOCCOCCOCCOCCOCCOCCBr. The van der Waals surface area contributed by atoms with E-state index in [0.29, 0.717) is 139 Å². The molecule has 0 aromatic heterocycles. The zero-order chi connectivity index (χ0) is 27.6. The third-order valence-corrected chi connectivity index (χ3v) is 4.62. The number of carbonyl (C=O) groups excluding carboxylic acids is 1. The maximum Gasteiger partial charge on any atom is 0.243 e. The molecule has 38 heavy (non-hydrogen) atoms. The van der Waals surface area contributed by atoms with Crippen LogP contribution in [0.1, 0.15) is 0 Å². The molecular formula is C25H48BrNO11. The van der Waals surface area contributed by atoms with Gasteiger partial charge in [-0.15, -0.1) is 0 Å². The summed E-state index contributed by atoms with van der Waals surface area (Å²) in [5.74, 6) is -0.207. The lowest BCUT2D eigenvalue weighted by molar-refractivity contribution is -0.116. The first-order valence-corrected chi connectivity index (χ1v) is 14.2. The summed E-state index contributed by atoms with van der Waals surface area (Å²) in [7, 11) is 0. The Morgan fingerprint density at radius 2 is 0.711 bits per heavy atom. The Kier molecular flexibility index (Phi) is 33.7. The van der Waals surface area contributed by atoms with Gasteiger partial charge >= 0.3 is 0 Å². The largest absolute Gasteiger partial charge is 0.378 e. The molecule has 0 unspecified atom stereocenters. The molecule has 0 saturated heterocycles. The van der Waals surface area contributed by atoms with Crippen LogP contribution in [0.5, 0.6) is 0 Å². The van der Waals surface area contributed by atoms with E-state index in [1.54, 1.807) is 0 Å². The number of rotatable bonds is 33. The van der Waals surface area contributed by atoms with Crippen molar-refractivity contribution in [1.82, 2.24) is 5.32 Å². The van der Waals surface area contributed by atoms with E-state index in [0.717, 1.165) is 5.33 Å². The van der Waals surface area contributed by atoms with Gasteiger partial charge in [-0.25, -0.2) is 0 Å². The lowest BCUT2D eigenvalue weighted by Crippen LogP contribution is -2.25. The van der Waals surface area contributed by atoms with Gasteiger partial charge in [0.15, 0.2) is 0 Å². The molecule has 0 atom stereocenters. The number of nitrogens with one attached hydrogen (secondary N) is 1. The second-order valence-corrected chi connectivity index (χ2v) is 8.10. The lowest BCUT2D eigenvalue weighted by atomic mass is 10.5. The predicted octanol–water partition coefficient (Wildman–Crippen LogP) is 0.850. The average Bonchev–Trinajstić information content (AvgIpc) is 2.93. The van der Waals surface area contributed by atoms with Gasteiger partial charge in [-0.05, 0) is 6.08 Å². The van der Waals surface area contributed by atoms with Crippen molar-refractivity contribution in [3.63, 3.8) is 0 Å². The van der Waals surface area contributed by atoms with Crippen molar-refractivity contribution < 1.29 is 52.2 Å². The number of amides is 1. The molecule has 0 aromatic rings. The number of carbonyl (C=O) groups is 1. The fourth-order valence-corrected chi connectivity index (χ4v) is 2.68. The van der Waals surface area contributed by atoms with Gasteiger partial charge in [0.2, 0.25) is 5.91 Å². The van der Waals surface area contributed by atoms with Crippen LogP contribution in [0.3, 0.4) is 0 Å². The number of ether oxygens (including phenoxy) is 10. The Balaban J connectivity index is 3.04. The summed E-state index contributed by atoms with van der Waals surface area (Å²) >= 11 is 3.29. The summed E-state index contributed by atoms with van der Waals surface area (Å²) in [6.45, 7) is 14.3. The molecule has 0 aromatic carbocycles. The zero-order valence-corrected chi connectivity index (χ0v) is 24.3. The minimum absolute atomic E-state index is 0.207. The fraction of sp³-hybridized carbons (Fsp3) is 0.880. The van der Waals surface area contributed by atoms with Gasteiger partial charge in [-0.1, -0.05) is 22.5 Å². The van der Waals surface area contributed by atoms with Gasteiger partial charge in [-0.2, -0.15) is 0 Å². The second-order valence-electron chi connectivity index (χ2n) is 7.31. The molecule has 12 nitrogen and oxygen atoms in total. The Labute approximate surface area is 236 Å². The second kappa shape index (κ2) is 34.3. The van der Waals surface area contributed by atoms with Crippen molar-refractivity contribution in [2.24, 2.45) is 0 Å². The van der Waals surface area contributed by atoms with Gasteiger partial charge in [-0.3, -0.25) is 4.79 Å². The van der Waals surface area contributed by atoms with Crippen LogP contribution in [0.2, 0.25) is 0 Å². The quantitative estimate of drug-likeness (QED) is 0.0640. The van der Waals surface area contributed by atoms with Gasteiger partial charge in [0.05, 0.1) is 132 Å². The van der Waals surface area contributed by atoms with Gasteiger partial charge in [0.1, 0.15) is 0 Å². The minimum atomic E-state index is -0.207. The van der Waals surface area contributed by atoms with Crippen LogP contribution >= 0.6 is 15.9 Å².